The van der Waals surface area contributed by atoms with Gasteiger partial charge in [0.2, 0.25) is 5.91 Å². The van der Waals surface area contributed by atoms with Crippen LogP contribution in [0.15, 0.2) is 24.3 Å². The van der Waals surface area contributed by atoms with E-state index >= 15 is 0 Å². The second-order valence-electron chi connectivity index (χ2n) is 5.57. The van der Waals surface area contributed by atoms with E-state index in [1.54, 1.807) is 0 Å². The number of nitrogens with two attached hydrogens (primary N) is 1. The maximum Gasteiger partial charge on any atom is 0.220 e. The van der Waals surface area contributed by atoms with Crippen LogP contribution in [-0.4, -0.2) is 32.2 Å². The lowest BCUT2D eigenvalue weighted by molar-refractivity contribution is -0.121. The molecule has 2 rings (SSSR count). The van der Waals surface area contributed by atoms with Gasteiger partial charge in [0.1, 0.15) is 5.82 Å². The minimum Gasteiger partial charge on any atom is -0.381 e. The molecule has 1 saturated heterocycles. The zero-order valence-corrected chi connectivity index (χ0v) is 12.2. The van der Waals surface area contributed by atoms with Crippen LogP contribution in [0.5, 0.6) is 0 Å². The highest BCUT2D eigenvalue weighted by Gasteiger charge is 2.34. The molecule has 0 atom stereocenters. The van der Waals surface area contributed by atoms with Crippen molar-refractivity contribution >= 4 is 5.91 Å². The van der Waals surface area contributed by atoms with Gasteiger partial charge in [-0.25, -0.2) is 4.39 Å². The molecule has 1 aliphatic heterocycles. The number of benzene rings is 1. The predicted molar refractivity (Wildman–Crippen MR) is 79.4 cm³/mol. The molecule has 0 unspecified atom stereocenters. The molecule has 21 heavy (non-hydrogen) atoms. The van der Waals surface area contributed by atoms with Gasteiger partial charge in [0.05, 0.1) is 0 Å². The van der Waals surface area contributed by atoms with Crippen molar-refractivity contribution in [2.45, 2.75) is 31.1 Å². The molecule has 1 aliphatic rings. The molecule has 116 valence electrons. The summed E-state index contributed by atoms with van der Waals surface area (Å²) in [5.41, 5.74) is 6.31. The third-order valence-electron chi connectivity index (χ3n) is 4.14. The molecule has 0 spiro atoms. The molecule has 3 N–H and O–H groups in total. The lowest BCUT2D eigenvalue weighted by Gasteiger charge is -2.38. The Labute approximate surface area is 124 Å². The van der Waals surface area contributed by atoms with Gasteiger partial charge in [-0.15, -0.1) is 0 Å². The molecule has 0 saturated carbocycles. The van der Waals surface area contributed by atoms with Crippen LogP contribution in [0.25, 0.3) is 0 Å². The van der Waals surface area contributed by atoms with Gasteiger partial charge >= 0.3 is 0 Å². The molecule has 4 nitrogen and oxygen atoms in total. The number of carbonyl (C=O) groups is 1. The van der Waals surface area contributed by atoms with Crippen LogP contribution in [0.2, 0.25) is 0 Å². The second kappa shape index (κ2) is 7.52. The molecule has 0 aliphatic carbocycles. The van der Waals surface area contributed by atoms with Crippen molar-refractivity contribution in [3.63, 3.8) is 0 Å². The van der Waals surface area contributed by atoms with Crippen molar-refractivity contribution in [1.82, 2.24) is 5.32 Å². The van der Waals surface area contributed by atoms with Crippen LogP contribution >= 0.6 is 0 Å². The van der Waals surface area contributed by atoms with E-state index in [0.717, 1.165) is 18.4 Å². The standard InChI is InChI=1S/C16H23FN2O2/c17-14-5-3-13(4-6-14)16(7-10-21-11-8-16)12-19-15(20)2-1-9-18/h3-6H,1-2,7-12,18H2,(H,19,20). The number of nitrogens with one attached hydrogen (secondary N) is 1. The van der Waals surface area contributed by atoms with Gasteiger partial charge in [-0.05, 0) is 43.5 Å². The maximum atomic E-state index is 13.1. The number of amides is 1. The Balaban J connectivity index is 2.06. The van der Waals surface area contributed by atoms with E-state index in [0.29, 0.717) is 39.1 Å². The summed E-state index contributed by atoms with van der Waals surface area (Å²) in [6.45, 7) is 2.40. The molecule has 1 amide bonds. The Hall–Kier alpha value is -1.46. The van der Waals surface area contributed by atoms with Crippen molar-refractivity contribution in [3.8, 4) is 0 Å². The van der Waals surface area contributed by atoms with Gasteiger partial charge in [-0.3, -0.25) is 4.79 Å². The summed E-state index contributed by atoms with van der Waals surface area (Å²) in [7, 11) is 0. The minimum atomic E-state index is -0.243. The molecule has 1 aromatic carbocycles. The van der Waals surface area contributed by atoms with Gasteiger partial charge in [0.25, 0.3) is 0 Å². The fourth-order valence-electron chi connectivity index (χ4n) is 2.75. The van der Waals surface area contributed by atoms with E-state index in [4.69, 9.17) is 10.5 Å². The van der Waals surface area contributed by atoms with Gasteiger partial charge in [-0.2, -0.15) is 0 Å². The largest absolute Gasteiger partial charge is 0.381 e. The molecule has 0 aromatic heterocycles. The number of halogens is 1. The fraction of sp³-hybridized carbons (Fsp3) is 0.562. The predicted octanol–water partition coefficient (Wildman–Crippen LogP) is 1.73. The highest BCUT2D eigenvalue weighted by Crippen LogP contribution is 2.34. The SMILES string of the molecule is NCCCC(=O)NCC1(c2ccc(F)cc2)CCOCC1. The van der Waals surface area contributed by atoms with E-state index in [2.05, 4.69) is 5.32 Å². The summed E-state index contributed by atoms with van der Waals surface area (Å²) < 4.78 is 18.6. The first-order valence-corrected chi connectivity index (χ1v) is 7.47. The number of hydrogen-bond acceptors (Lipinski definition) is 3. The van der Waals surface area contributed by atoms with E-state index in [-0.39, 0.29) is 17.1 Å². The Kier molecular flexibility index (Phi) is 5.70. The van der Waals surface area contributed by atoms with Crippen molar-refractivity contribution in [2.75, 3.05) is 26.3 Å². The van der Waals surface area contributed by atoms with E-state index in [9.17, 15) is 9.18 Å². The summed E-state index contributed by atoms with van der Waals surface area (Å²) >= 11 is 0. The van der Waals surface area contributed by atoms with E-state index in [1.165, 1.54) is 12.1 Å². The maximum absolute atomic E-state index is 13.1. The first-order chi connectivity index (χ1) is 10.2. The third kappa shape index (κ3) is 4.25. The minimum absolute atomic E-state index is 0.0217. The second-order valence-corrected chi connectivity index (χ2v) is 5.57. The van der Waals surface area contributed by atoms with E-state index in [1.807, 2.05) is 12.1 Å². The summed E-state index contributed by atoms with van der Waals surface area (Å²) in [6, 6.07) is 6.57. The molecule has 0 radical (unpaired) electrons. The topological polar surface area (TPSA) is 64.4 Å². The van der Waals surface area contributed by atoms with Gasteiger partial charge in [0.15, 0.2) is 0 Å². The zero-order valence-electron chi connectivity index (χ0n) is 12.2. The summed E-state index contributed by atoms with van der Waals surface area (Å²) in [5, 5.41) is 3.00. The monoisotopic (exact) mass is 294 g/mol. The molecule has 1 heterocycles. The van der Waals surface area contributed by atoms with Gasteiger partial charge in [0, 0.05) is 31.6 Å². The van der Waals surface area contributed by atoms with Crippen LogP contribution in [-0.2, 0) is 14.9 Å². The molecule has 1 fully saturated rings. The summed E-state index contributed by atoms with van der Waals surface area (Å²) in [5.74, 6) is -0.221. The van der Waals surface area contributed by atoms with Crippen molar-refractivity contribution in [1.29, 1.82) is 0 Å². The van der Waals surface area contributed by atoms with Crippen molar-refractivity contribution in [2.24, 2.45) is 5.73 Å². The smallest absolute Gasteiger partial charge is 0.220 e. The zero-order chi connectivity index (χ0) is 15.1. The normalized spacial score (nSPS) is 17.4. The highest BCUT2D eigenvalue weighted by atomic mass is 19.1. The Morgan fingerprint density at radius 2 is 1.95 bits per heavy atom. The van der Waals surface area contributed by atoms with Gasteiger partial charge < -0.3 is 15.8 Å². The lowest BCUT2D eigenvalue weighted by atomic mass is 9.74. The average Bonchev–Trinajstić information content (AvgIpc) is 2.52. The molecule has 5 heteroatoms. The van der Waals surface area contributed by atoms with Gasteiger partial charge in [-0.1, -0.05) is 12.1 Å². The first-order valence-electron chi connectivity index (χ1n) is 7.47. The number of rotatable bonds is 6. The highest BCUT2D eigenvalue weighted by molar-refractivity contribution is 5.76. The Bertz CT molecular complexity index is 456. The third-order valence-corrected chi connectivity index (χ3v) is 4.14. The average molecular weight is 294 g/mol. The fourth-order valence-corrected chi connectivity index (χ4v) is 2.75. The van der Waals surface area contributed by atoms with Crippen LogP contribution in [0.1, 0.15) is 31.2 Å². The van der Waals surface area contributed by atoms with Crippen LogP contribution in [0, 0.1) is 5.82 Å². The first kappa shape index (κ1) is 15.9. The quantitative estimate of drug-likeness (QED) is 0.840. The van der Waals surface area contributed by atoms with Crippen molar-refractivity contribution in [3.05, 3.63) is 35.6 Å². The molecular formula is C16H23FN2O2. The summed E-state index contributed by atoms with van der Waals surface area (Å²) in [4.78, 5) is 11.8. The Morgan fingerprint density at radius 3 is 2.57 bits per heavy atom. The van der Waals surface area contributed by atoms with Crippen molar-refractivity contribution < 1.29 is 13.9 Å². The van der Waals surface area contributed by atoms with Crippen LogP contribution in [0.4, 0.5) is 4.39 Å². The molecular weight excluding hydrogens is 271 g/mol. The van der Waals surface area contributed by atoms with Crippen LogP contribution < -0.4 is 11.1 Å². The Morgan fingerprint density at radius 1 is 1.29 bits per heavy atom. The van der Waals surface area contributed by atoms with Crippen LogP contribution in [0.3, 0.4) is 0 Å². The molecule has 0 bridgehead atoms. The lowest BCUT2D eigenvalue weighted by Crippen LogP contribution is -2.44. The molecule has 1 aromatic rings. The number of hydrogen-bond donors (Lipinski definition) is 2. The number of ether oxygens (including phenoxy) is 1. The summed E-state index contributed by atoms with van der Waals surface area (Å²) in [6.07, 6.45) is 2.80. The van der Waals surface area contributed by atoms with E-state index < -0.39 is 0 Å². The number of carbonyl (C=O) groups excluding carboxylic acids is 1.